The molecule has 1 atom stereocenters. The molecule has 0 unspecified atom stereocenters. The standard InChI is InChI=1S/C12H15N3O4S/c1-6-5-20(18,19)11-7(14-13)10(17)15(11)8(6)9(16)12(2,3)4/h11H,5H2,1-4H3/t11-/m1/s1. The van der Waals surface area contributed by atoms with Gasteiger partial charge in [0.2, 0.25) is 5.37 Å². The van der Waals surface area contributed by atoms with Gasteiger partial charge in [-0.2, -0.15) is 4.79 Å². The van der Waals surface area contributed by atoms with E-state index in [0.717, 1.165) is 4.90 Å². The monoisotopic (exact) mass is 297 g/mol. The van der Waals surface area contributed by atoms with Crippen LogP contribution in [0.5, 0.6) is 0 Å². The van der Waals surface area contributed by atoms with Crippen molar-refractivity contribution in [3.63, 3.8) is 0 Å². The van der Waals surface area contributed by atoms with Gasteiger partial charge in [-0.15, -0.1) is 0 Å². The summed E-state index contributed by atoms with van der Waals surface area (Å²) in [4.78, 5) is 28.0. The molecular formula is C12H15N3O4S. The van der Waals surface area contributed by atoms with Gasteiger partial charge < -0.3 is 5.53 Å². The Morgan fingerprint density at radius 3 is 2.40 bits per heavy atom. The first-order chi connectivity index (χ1) is 9.02. The van der Waals surface area contributed by atoms with E-state index in [-0.39, 0.29) is 17.2 Å². The summed E-state index contributed by atoms with van der Waals surface area (Å²) >= 11 is 0. The molecule has 2 heterocycles. The van der Waals surface area contributed by atoms with Crippen molar-refractivity contribution in [1.82, 2.24) is 4.90 Å². The van der Waals surface area contributed by atoms with Crippen molar-refractivity contribution in [3.8, 4) is 0 Å². The van der Waals surface area contributed by atoms with Gasteiger partial charge in [0.15, 0.2) is 15.6 Å². The minimum absolute atomic E-state index is 0.106. The van der Waals surface area contributed by atoms with Crippen LogP contribution in [0.15, 0.2) is 11.3 Å². The molecule has 0 saturated carbocycles. The Labute approximate surface area is 116 Å². The van der Waals surface area contributed by atoms with Crippen LogP contribution in [0, 0.1) is 5.41 Å². The highest BCUT2D eigenvalue weighted by Gasteiger charge is 2.63. The second kappa shape index (κ2) is 4.10. The molecule has 108 valence electrons. The zero-order valence-corrected chi connectivity index (χ0v) is 12.5. The highest BCUT2D eigenvalue weighted by molar-refractivity contribution is 7.93. The lowest BCUT2D eigenvalue weighted by Gasteiger charge is -2.41. The zero-order valence-electron chi connectivity index (χ0n) is 11.7. The third kappa shape index (κ3) is 1.83. The predicted octanol–water partition coefficient (Wildman–Crippen LogP) is 0.143. The lowest BCUT2D eigenvalue weighted by molar-refractivity contribution is -0.138. The van der Waals surface area contributed by atoms with E-state index in [4.69, 9.17) is 5.53 Å². The number of hydrogen-bond donors (Lipinski definition) is 0. The van der Waals surface area contributed by atoms with Crippen LogP contribution in [0.3, 0.4) is 0 Å². The van der Waals surface area contributed by atoms with E-state index in [1.807, 2.05) is 0 Å². The van der Waals surface area contributed by atoms with E-state index >= 15 is 0 Å². The maximum Gasteiger partial charge on any atom is 0.394 e. The fourth-order valence-electron chi connectivity index (χ4n) is 2.35. The van der Waals surface area contributed by atoms with Gasteiger partial charge in [-0.05, 0) is 12.5 Å². The first-order valence-corrected chi connectivity index (χ1v) is 7.75. The molecule has 1 saturated heterocycles. The van der Waals surface area contributed by atoms with Crippen LogP contribution in [0.2, 0.25) is 0 Å². The largest absolute Gasteiger partial charge is 0.394 e. The number of allylic oxidation sites excluding steroid dienone is 1. The highest BCUT2D eigenvalue weighted by atomic mass is 32.2. The van der Waals surface area contributed by atoms with Crippen LogP contribution >= 0.6 is 0 Å². The molecule has 1 fully saturated rings. The molecule has 2 aliphatic heterocycles. The lowest BCUT2D eigenvalue weighted by Crippen LogP contribution is -2.68. The fourth-order valence-corrected chi connectivity index (χ4v) is 4.26. The van der Waals surface area contributed by atoms with Crippen LogP contribution in [-0.2, 0) is 19.4 Å². The van der Waals surface area contributed by atoms with E-state index in [1.54, 1.807) is 20.8 Å². The number of carbonyl (C=O) groups excluding carboxylic acids is 2. The van der Waals surface area contributed by atoms with E-state index < -0.39 is 32.2 Å². The quantitative estimate of drug-likeness (QED) is 0.389. The third-order valence-corrected chi connectivity index (χ3v) is 5.26. The Morgan fingerprint density at radius 2 is 1.95 bits per heavy atom. The summed E-state index contributed by atoms with van der Waals surface area (Å²) in [5, 5.41) is -1.34. The molecule has 8 heteroatoms. The van der Waals surface area contributed by atoms with E-state index in [9.17, 15) is 18.0 Å². The number of amides is 1. The van der Waals surface area contributed by atoms with Crippen LogP contribution in [0.25, 0.3) is 5.53 Å². The van der Waals surface area contributed by atoms with Crippen LogP contribution < -0.4 is 0 Å². The van der Waals surface area contributed by atoms with E-state index in [0.29, 0.717) is 5.57 Å². The summed E-state index contributed by atoms with van der Waals surface area (Å²) in [5.74, 6) is -1.37. The Kier molecular flexibility index (Phi) is 3.00. The number of nitrogens with zero attached hydrogens (tertiary/aromatic N) is 3. The minimum atomic E-state index is -3.67. The number of carbonyl (C=O) groups is 2. The zero-order chi connectivity index (χ0) is 15.5. The first kappa shape index (κ1) is 14.6. The fraction of sp³-hybridized carbons (Fsp3) is 0.583. The molecule has 0 aromatic carbocycles. The number of Topliss-reactive ketones (excluding diaryl/α,β-unsaturated/α-hetero) is 1. The van der Waals surface area contributed by atoms with Crippen molar-refractivity contribution in [1.29, 1.82) is 0 Å². The van der Waals surface area contributed by atoms with Gasteiger partial charge in [0.1, 0.15) is 0 Å². The number of fused-ring (bicyclic) bond motifs is 1. The Morgan fingerprint density at radius 1 is 1.40 bits per heavy atom. The average molecular weight is 297 g/mol. The van der Waals surface area contributed by atoms with E-state index in [1.165, 1.54) is 6.92 Å². The number of β-lactam (4-membered cyclic amide) rings is 1. The molecule has 0 radical (unpaired) electrons. The van der Waals surface area contributed by atoms with Crippen LogP contribution in [-0.4, -0.2) is 46.6 Å². The summed E-state index contributed by atoms with van der Waals surface area (Å²) in [5.41, 5.74) is 8.02. The molecule has 20 heavy (non-hydrogen) atoms. The van der Waals surface area contributed by atoms with Crippen molar-refractivity contribution in [3.05, 3.63) is 16.8 Å². The van der Waals surface area contributed by atoms with Gasteiger partial charge in [0, 0.05) is 5.41 Å². The summed E-state index contributed by atoms with van der Waals surface area (Å²) in [6.07, 6.45) is 0. The van der Waals surface area contributed by atoms with Crippen molar-refractivity contribution >= 4 is 27.2 Å². The molecule has 0 spiro atoms. The maximum absolute atomic E-state index is 12.4. The first-order valence-electron chi connectivity index (χ1n) is 6.04. The molecule has 2 aliphatic rings. The van der Waals surface area contributed by atoms with Crippen molar-refractivity contribution in [2.24, 2.45) is 5.41 Å². The SMILES string of the molecule is CC1=C(C(=O)C(C)(C)C)N2C(=O)C(=[N+]=[N-])[C@H]2S(=O)(=O)C1. The molecule has 7 nitrogen and oxygen atoms in total. The molecule has 0 aromatic heterocycles. The van der Waals surface area contributed by atoms with Crippen molar-refractivity contribution in [2.45, 2.75) is 33.1 Å². The molecule has 1 amide bonds. The Hall–Kier alpha value is -1.79. The highest BCUT2D eigenvalue weighted by Crippen LogP contribution is 2.37. The Bertz CT molecular complexity index is 705. The predicted molar refractivity (Wildman–Crippen MR) is 70.2 cm³/mol. The summed E-state index contributed by atoms with van der Waals surface area (Å²) < 4.78 is 24.1. The van der Waals surface area contributed by atoms with Crippen LogP contribution in [0.1, 0.15) is 27.7 Å². The number of ketones is 1. The van der Waals surface area contributed by atoms with Gasteiger partial charge in [0.25, 0.3) is 0 Å². The van der Waals surface area contributed by atoms with Gasteiger partial charge in [-0.25, -0.2) is 8.42 Å². The second-order valence-corrected chi connectivity index (χ2v) is 8.09. The van der Waals surface area contributed by atoms with Crippen LogP contribution in [0.4, 0.5) is 0 Å². The lowest BCUT2D eigenvalue weighted by atomic mass is 9.86. The number of rotatable bonds is 1. The molecule has 0 aliphatic carbocycles. The molecular weight excluding hydrogens is 282 g/mol. The topological polar surface area (TPSA) is 108 Å². The molecule has 2 rings (SSSR count). The second-order valence-electron chi connectivity index (χ2n) is 6.03. The third-order valence-electron chi connectivity index (χ3n) is 3.31. The van der Waals surface area contributed by atoms with Gasteiger partial charge >= 0.3 is 11.6 Å². The van der Waals surface area contributed by atoms with Gasteiger partial charge in [-0.3, -0.25) is 14.5 Å². The summed E-state index contributed by atoms with van der Waals surface area (Å²) in [6.45, 7) is 6.60. The normalized spacial score (nSPS) is 25.0. The Balaban J connectivity index is 2.63. The smallest absolute Gasteiger partial charge is 0.361 e. The maximum atomic E-state index is 12.4. The molecule has 0 bridgehead atoms. The minimum Gasteiger partial charge on any atom is -0.361 e. The van der Waals surface area contributed by atoms with Crippen molar-refractivity contribution in [2.75, 3.05) is 5.75 Å². The van der Waals surface area contributed by atoms with Crippen molar-refractivity contribution < 1.29 is 22.8 Å². The number of sulfone groups is 1. The molecule has 0 aromatic rings. The number of hydrogen-bond acceptors (Lipinski definition) is 4. The average Bonchev–Trinajstić information content (AvgIpc) is 2.28. The van der Waals surface area contributed by atoms with Gasteiger partial charge in [0.05, 0.1) is 11.4 Å². The van der Waals surface area contributed by atoms with E-state index in [2.05, 4.69) is 4.79 Å². The molecule has 0 N–H and O–H groups in total. The van der Waals surface area contributed by atoms with Gasteiger partial charge in [-0.1, -0.05) is 20.8 Å². The summed E-state index contributed by atoms with van der Waals surface area (Å²) in [6, 6.07) is 0. The summed E-state index contributed by atoms with van der Waals surface area (Å²) in [7, 11) is -3.67.